The fourth-order valence-electron chi connectivity index (χ4n) is 2.72. The number of aromatic hydroxyl groups is 1. The number of carboxylic acid groups (broad SMARTS) is 1. The summed E-state index contributed by atoms with van der Waals surface area (Å²) >= 11 is 0. The summed E-state index contributed by atoms with van der Waals surface area (Å²) in [4.78, 5) is 23.8. The second-order valence-electron chi connectivity index (χ2n) is 5.37. The zero-order valence-corrected chi connectivity index (χ0v) is 12.0. The van der Waals surface area contributed by atoms with Crippen LogP contribution in [-0.4, -0.2) is 35.2 Å². The third-order valence-corrected chi connectivity index (χ3v) is 4.20. The summed E-state index contributed by atoms with van der Waals surface area (Å²) in [5, 5.41) is 24.5. The molecule has 0 aliphatic carbocycles. The molecular weight excluding hydrogens is 272 g/mol. The molecule has 1 aliphatic rings. The molecule has 21 heavy (non-hydrogen) atoms. The molecule has 114 valence electrons. The molecule has 1 saturated heterocycles. The molecule has 1 fully saturated rings. The van der Waals surface area contributed by atoms with Crippen LogP contribution in [0.1, 0.15) is 36.5 Å². The highest BCUT2D eigenvalue weighted by Crippen LogP contribution is 2.34. The molecular formula is C15H20N2O4. The molecule has 0 spiro atoms. The van der Waals surface area contributed by atoms with Crippen LogP contribution in [0.5, 0.6) is 5.75 Å². The summed E-state index contributed by atoms with van der Waals surface area (Å²) in [5.41, 5.74) is -0.348. The number of aromatic carboxylic acids is 1. The number of benzene rings is 1. The van der Waals surface area contributed by atoms with Crippen LogP contribution in [0, 0.1) is 5.41 Å². The van der Waals surface area contributed by atoms with E-state index in [1.807, 2.05) is 6.92 Å². The van der Waals surface area contributed by atoms with Crippen molar-refractivity contribution in [3.8, 4) is 5.75 Å². The predicted molar refractivity (Wildman–Crippen MR) is 78.5 cm³/mol. The van der Waals surface area contributed by atoms with Gasteiger partial charge in [0.25, 0.3) is 0 Å². The summed E-state index contributed by atoms with van der Waals surface area (Å²) in [6, 6.07) is 3.92. The van der Waals surface area contributed by atoms with Crippen molar-refractivity contribution in [1.82, 2.24) is 5.32 Å². The van der Waals surface area contributed by atoms with Gasteiger partial charge in [-0.15, -0.1) is 0 Å². The van der Waals surface area contributed by atoms with Crippen molar-refractivity contribution in [3.63, 3.8) is 0 Å². The lowest BCUT2D eigenvalue weighted by Crippen LogP contribution is -2.44. The van der Waals surface area contributed by atoms with E-state index in [2.05, 4.69) is 10.6 Å². The smallest absolute Gasteiger partial charge is 0.337 e. The average Bonchev–Trinajstić information content (AvgIpc) is 2.49. The van der Waals surface area contributed by atoms with E-state index < -0.39 is 11.4 Å². The maximum atomic E-state index is 12.6. The second kappa shape index (κ2) is 6.13. The number of hydrogen-bond donors (Lipinski definition) is 4. The Labute approximate surface area is 123 Å². The average molecular weight is 292 g/mol. The van der Waals surface area contributed by atoms with E-state index in [-0.39, 0.29) is 22.9 Å². The van der Waals surface area contributed by atoms with Crippen molar-refractivity contribution in [3.05, 3.63) is 23.8 Å². The van der Waals surface area contributed by atoms with Crippen LogP contribution in [0.2, 0.25) is 0 Å². The Kier molecular flexibility index (Phi) is 4.47. The molecule has 0 unspecified atom stereocenters. The van der Waals surface area contributed by atoms with Gasteiger partial charge in [0.2, 0.25) is 5.91 Å². The normalized spacial score (nSPS) is 17.2. The first-order valence-electron chi connectivity index (χ1n) is 7.07. The van der Waals surface area contributed by atoms with Crippen molar-refractivity contribution in [2.24, 2.45) is 5.41 Å². The van der Waals surface area contributed by atoms with E-state index in [0.29, 0.717) is 6.42 Å². The number of anilines is 1. The van der Waals surface area contributed by atoms with Crippen molar-refractivity contribution < 1.29 is 19.8 Å². The lowest BCUT2D eigenvalue weighted by atomic mass is 9.76. The van der Waals surface area contributed by atoms with Gasteiger partial charge in [0.05, 0.1) is 16.7 Å². The molecule has 0 bridgehead atoms. The highest BCUT2D eigenvalue weighted by atomic mass is 16.4. The van der Waals surface area contributed by atoms with Gasteiger partial charge >= 0.3 is 5.97 Å². The van der Waals surface area contributed by atoms with E-state index >= 15 is 0 Å². The van der Waals surface area contributed by atoms with Gasteiger partial charge in [-0.2, -0.15) is 0 Å². The lowest BCUT2D eigenvalue weighted by molar-refractivity contribution is -0.127. The Balaban J connectivity index is 2.24. The summed E-state index contributed by atoms with van der Waals surface area (Å²) in [6.45, 7) is 3.53. The maximum Gasteiger partial charge on any atom is 0.337 e. The first-order chi connectivity index (χ1) is 9.98. The van der Waals surface area contributed by atoms with E-state index in [1.54, 1.807) is 0 Å². The highest BCUT2D eigenvalue weighted by molar-refractivity contribution is 6.02. The Bertz CT molecular complexity index is 551. The molecule has 1 aromatic carbocycles. The van der Waals surface area contributed by atoms with E-state index in [0.717, 1.165) is 32.0 Å². The summed E-state index contributed by atoms with van der Waals surface area (Å²) in [7, 11) is 0. The monoisotopic (exact) mass is 292 g/mol. The second-order valence-corrected chi connectivity index (χ2v) is 5.37. The van der Waals surface area contributed by atoms with Crippen molar-refractivity contribution in [2.75, 3.05) is 18.4 Å². The van der Waals surface area contributed by atoms with Gasteiger partial charge < -0.3 is 20.8 Å². The topological polar surface area (TPSA) is 98.7 Å². The van der Waals surface area contributed by atoms with Crippen molar-refractivity contribution >= 4 is 17.6 Å². The summed E-state index contributed by atoms with van der Waals surface area (Å²) in [5.74, 6) is -1.48. The lowest BCUT2D eigenvalue weighted by Gasteiger charge is -2.35. The molecule has 0 atom stereocenters. The van der Waals surface area contributed by atoms with E-state index in [4.69, 9.17) is 5.11 Å². The fourth-order valence-corrected chi connectivity index (χ4v) is 2.72. The van der Waals surface area contributed by atoms with Crippen LogP contribution in [-0.2, 0) is 4.79 Å². The zero-order chi connectivity index (χ0) is 15.5. The Morgan fingerprint density at radius 1 is 1.33 bits per heavy atom. The Hall–Kier alpha value is -2.08. The number of nitrogens with one attached hydrogen (secondary N) is 2. The number of carbonyl (C=O) groups is 2. The minimum absolute atomic E-state index is 0.108. The fraction of sp³-hybridized carbons (Fsp3) is 0.467. The third-order valence-electron chi connectivity index (χ3n) is 4.20. The van der Waals surface area contributed by atoms with Gasteiger partial charge in [0, 0.05) is 0 Å². The van der Waals surface area contributed by atoms with Crippen LogP contribution < -0.4 is 10.6 Å². The number of carbonyl (C=O) groups excluding carboxylic acids is 1. The molecule has 0 aromatic heterocycles. The van der Waals surface area contributed by atoms with Crippen LogP contribution in [0.4, 0.5) is 5.69 Å². The highest BCUT2D eigenvalue weighted by Gasteiger charge is 2.38. The minimum Gasteiger partial charge on any atom is -0.508 e. The molecule has 2 rings (SSSR count). The number of piperidine rings is 1. The molecule has 1 aliphatic heterocycles. The number of hydrogen-bond acceptors (Lipinski definition) is 4. The van der Waals surface area contributed by atoms with Crippen LogP contribution in [0.15, 0.2) is 18.2 Å². The van der Waals surface area contributed by atoms with E-state index in [9.17, 15) is 14.7 Å². The summed E-state index contributed by atoms with van der Waals surface area (Å²) in [6.07, 6.45) is 2.17. The number of phenolic OH excluding ortho intramolecular Hbond substituents is 1. The number of phenols is 1. The number of amides is 1. The SMILES string of the molecule is CCC1(C(=O)Nc2ccc(O)cc2C(=O)O)CCNCC1. The van der Waals surface area contributed by atoms with Gasteiger partial charge in [0.15, 0.2) is 0 Å². The molecule has 6 nitrogen and oxygen atoms in total. The van der Waals surface area contributed by atoms with Gasteiger partial charge in [-0.25, -0.2) is 4.79 Å². The molecule has 1 aromatic rings. The van der Waals surface area contributed by atoms with Gasteiger partial charge in [-0.3, -0.25) is 4.79 Å². The number of carboxylic acids is 1. The molecule has 6 heteroatoms. The summed E-state index contributed by atoms with van der Waals surface area (Å²) < 4.78 is 0. The predicted octanol–water partition coefficient (Wildman–Crippen LogP) is 1.81. The third kappa shape index (κ3) is 3.16. The molecule has 1 amide bonds. The van der Waals surface area contributed by atoms with Crippen LogP contribution in [0.25, 0.3) is 0 Å². The van der Waals surface area contributed by atoms with Crippen molar-refractivity contribution in [2.45, 2.75) is 26.2 Å². The first-order valence-corrected chi connectivity index (χ1v) is 7.07. The van der Waals surface area contributed by atoms with Crippen molar-refractivity contribution in [1.29, 1.82) is 0 Å². The zero-order valence-electron chi connectivity index (χ0n) is 12.0. The minimum atomic E-state index is -1.18. The van der Waals surface area contributed by atoms with Gasteiger partial charge in [-0.1, -0.05) is 6.92 Å². The molecule has 0 radical (unpaired) electrons. The molecule has 4 N–H and O–H groups in total. The van der Waals surface area contributed by atoms with Gasteiger partial charge in [0.1, 0.15) is 5.75 Å². The maximum absolute atomic E-state index is 12.6. The molecule has 1 heterocycles. The van der Waals surface area contributed by atoms with E-state index in [1.165, 1.54) is 12.1 Å². The quantitative estimate of drug-likeness (QED) is 0.634. The standard InChI is InChI=1S/C15H20N2O4/c1-2-15(5-7-16-8-6-15)14(21)17-12-4-3-10(18)9-11(12)13(19)20/h3-4,9,16,18H,2,5-8H2,1H3,(H,17,21)(H,19,20). The van der Waals surface area contributed by atoms with Gasteiger partial charge in [-0.05, 0) is 50.6 Å². The first kappa shape index (κ1) is 15.3. The largest absolute Gasteiger partial charge is 0.508 e. The Morgan fingerprint density at radius 3 is 2.57 bits per heavy atom. The van der Waals surface area contributed by atoms with Crippen LogP contribution in [0.3, 0.4) is 0 Å². The number of rotatable bonds is 4. The Morgan fingerprint density at radius 2 is 2.00 bits per heavy atom. The van der Waals surface area contributed by atoms with Crippen LogP contribution >= 0.6 is 0 Å². The molecule has 0 saturated carbocycles.